The highest BCUT2D eigenvalue weighted by Gasteiger charge is 2.05. The number of pyridine rings is 1. The predicted octanol–water partition coefficient (Wildman–Crippen LogP) is 1.39. The maximum atomic E-state index is 12.7. The van der Waals surface area contributed by atoms with Gasteiger partial charge in [0.05, 0.1) is 0 Å². The first-order valence-electron chi connectivity index (χ1n) is 5.36. The molecule has 0 radical (unpaired) electrons. The van der Waals surface area contributed by atoms with Crippen molar-refractivity contribution in [3.05, 3.63) is 70.9 Å². The van der Waals surface area contributed by atoms with E-state index < -0.39 is 0 Å². The molecule has 1 aromatic carbocycles. The van der Waals surface area contributed by atoms with Crippen LogP contribution in [-0.2, 0) is 6.54 Å². The molecule has 92 valence electrons. The van der Waals surface area contributed by atoms with E-state index in [-0.39, 0.29) is 11.7 Å². The third-order valence-electron chi connectivity index (χ3n) is 2.43. The topological polar surface area (TPSA) is 56.0 Å². The van der Waals surface area contributed by atoms with E-state index in [9.17, 15) is 14.4 Å². The normalized spacial score (nSPS) is 10.1. The van der Waals surface area contributed by atoms with Crippen molar-refractivity contribution in [2.45, 2.75) is 6.54 Å². The van der Waals surface area contributed by atoms with Gasteiger partial charge in [0.2, 0.25) is 0 Å². The van der Waals surface area contributed by atoms with Crippen molar-refractivity contribution in [3.63, 3.8) is 0 Å². The van der Waals surface area contributed by atoms with Crippen LogP contribution in [0, 0.1) is 11.0 Å². The van der Waals surface area contributed by atoms with Gasteiger partial charge in [-0.2, -0.15) is 4.73 Å². The van der Waals surface area contributed by atoms with Crippen LogP contribution in [0.4, 0.5) is 4.39 Å². The molecule has 0 bridgehead atoms. The van der Waals surface area contributed by atoms with Gasteiger partial charge in [-0.1, -0.05) is 0 Å². The molecule has 0 aliphatic heterocycles. The molecule has 5 heteroatoms. The van der Waals surface area contributed by atoms with Crippen molar-refractivity contribution in [2.24, 2.45) is 0 Å². The van der Waals surface area contributed by atoms with Crippen molar-refractivity contribution in [1.82, 2.24) is 5.32 Å². The fourth-order valence-corrected chi connectivity index (χ4v) is 1.45. The van der Waals surface area contributed by atoms with Crippen LogP contribution in [0.5, 0.6) is 0 Å². The maximum absolute atomic E-state index is 12.7. The van der Waals surface area contributed by atoms with Gasteiger partial charge < -0.3 is 10.5 Å². The Balaban J connectivity index is 1.96. The summed E-state index contributed by atoms with van der Waals surface area (Å²) in [6.07, 6.45) is 2.72. The van der Waals surface area contributed by atoms with Gasteiger partial charge in [0.15, 0.2) is 12.4 Å². The SMILES string of the molecule is O=C(NCc1cc[n+]([O-])cc1)c1ccc(F)cc1. The van der Waals surface area contributed by atoms with Gasteiger partial charge in [-0.05, 0) is 29.8 Å². The van der Waals surface area contributed by atoms with E-state index in [1.54, 1.807) is 12.1 Å². The van der Waals surface area contributed by atoms with Gasteiger partial charge in [-0.15, -0.1) is 0 Å². The number of carbonyl (C=O) groups is 1. The minimum Gasteiger partial charge on any atom is -0.619 e. The number of aromatic nitrogens is 1. The number of carbonyl (C=O) groups excluding carboxylic acids is 1. The van der Waals surface area contributed by atoms with Crippen LogP contribution in [0.3, 0.4) is 0 Å². The number of benzene rings is 1. The van der Waals surface area contributed by atoms with Crippen LogP contribution >= 0.6 is 0 Å². The third-order valence-corrected chi connectivity index (χ3v) is 2.43. The quantitative estimate of drug-likeness (QED) is 0.657. The zero-order valence-electron chi connectivity index (χ0n) is 9.47. The molecule has 1 amide bonds. The Morgan fingerprint density at radius 3 is 2.39 bits per heavy atom. The lowest BCUT2D eigenvalue weighted by atomic mass is 10.2. The first kappa shape index (κ1) is 12.0. The lowest BCUT2D eigenvalue weighted by Crippen LogP contribution is -2.26. The highest BCUT2D eigenvalue weighted by molar-refractivity contribution is 5.94. The Labute approximate surface area is 103 Å². The summed E-state index contributed by atoms with van der Waals surface area (Å²) < 4.78 is 13.3. The summed E-state index contributed by atoms with van der Waals surface area (Å²) >= 11 is 0. The molecule has 1 N–H and O–H groups in total. The highest BCUT2D eigenvalue weighted by Crippen LogP contribution is 2.03. The molecule has 2 rings (SSSR count). The molecule has 1 aromatic heterocycles. The largest absolute Gasteiger partial charge is 0.619 e. The lowest BCUT2D eigenvalue weighted by Gasteiger charge is -2.05. The smallest absolute Gasteiger partial charge is 0.251 e. The van der Waals surface area contributed by atoms with Crippen LogP contribution < -0.4 is 10.0 Å². The van der Waals surface area contributed by atoms with Gasteiger partial charge >= 0.3 is 0 Å². The van der Waals surface area contributed by atoms with Crippen molar-refractivity contribution in [3.8, 4) is 0 Å². The molecule has 0 unspecified atom stereocenters. The lowest BCUT2D eigenvalue weighted by molar-refractivity contribution is -0.605. The van der Waals surface area contributed by atoms with Crippen LogP contribution in [-0.4, -0.2) is 5.91 Å². The predicted molar refractivity (Wildman–Crippen MR) is 63.0 cm³/mol. The average molecular weight is 246 g/mol. The van der Waals surface area contributed by atoms with E-state index >= 15 is 0 Å². The zero-order valence-corrected chi connectivity index (χ0v) is 9.47. The van der Waals surface area contributed by atoms with Crippen LogP contribution in [0.2, 0.25) is 0 Å². The molecule has 18 heavy (non-hydrogen) atoms. The molecule has 0 aliphatic rings. The second-order valence-corrected chi connectivity index (χ2v) is 3.76. The second-order valence-electron chi connectivity index (χ2n) is 3.76. The van der Waals surface area contributed by atoms with E-state index in [0.29, 0.717) is 16.8 Å². The van der Waals surface area contributed by atoms with Gasteiger partial charge in [-0.25, -0.2) is 4.39 Å². The molecule has 4 nitrogen and oxygen atoms in total. The van der Waals surface area contributed by atoms with Gasteiger partial charge in [0.25, 0.3) is 5.91 Å². The molecule has 0 saturated heterocycles. The molecule has 2 aromatic rings. The van der Waals surface area contributed by atoms with Crippen LogP contribution in [0.1, 0.15) is 15.9 Å². The fraction of sp³-hybridized carbons (Fsp3) is 0.0769. The van der Waals surface area contributed by atoms with Crippen LogP contribution in [0.15, 0.2) is 48.8 Å². The fourth-order valence-electron chi connectivity index (χ4n) is 1.45. The summed E-state index contributed by atoms with van der Waals surface area (Å²) in [5, 5.41) is 13.5. The average Bonchev–Trinajstić information content (AvgIpc) is 2.38. The van der Waals surface area contributed by atoms with E-state index in [1.165, 1.54) is 36.7 Å². The van der Waals surface area contributed by atoms with Crippen molar-refractivity contribution < 1.29 is 13.9 Å². The number of hydrogen-bond donors (Lipinski definition) is 1. The first-order valence-corrected chi connectivity index (χ1v) is 5.36. The summed E-state index contributed by atoms with van der Waals surface area (Å²) in [5.74, 6) is -0.663. The van der Waals surface area contributed by atoms with Crippen molar-refractivity contribution >= 4 is 5.91 Å². The van der Waals surface area contributed by atoms with E-state index in [2.05, 4.69) is 5.32 Å². The summed E-state index contributed by atoms with van der Waals surface area (Å²) in [7, 11) is 0. The minimum absolute atomic E-state index is 0.283. The van der Waals surface area contributed by atoms with Gasteiger partial charge in [-0.3, -0.25) is 4.79 Å². The molecule has 0 aliphatic carbocycles. The number of halogens is 1. The molecular weight excluding hydrogens is 235 g/mol. The Bertz CT molecular complexity index is 538. The summed E-state index contributed by atoms with van der Waals surface area (Å²) in [5.41, 5.74) is 1.21. The zero-order chi connectivity index (χ0) is 13.0. The number of hydrogen-bond acceptors (Lipinski definition) is 2. The molecule has 0 atom stereocenters. The van der Waals surface area contributed by atoms with E-state index in [4.69, 9.17) is 0 Å². The number of nitrogens with zero attached hydrogens (tertiary/aromatic N) is 1. The number of nitrogens with one attached hydrogen (secondary N) is 1. The molecule has 1 heterocycles. The van der Waals surface area contributed by atoms with Gasteiger partial charge in [0, 0.05) is 24.2 Å². The monoisotopic (exact) mass is 246 g/mol. The Hall–Kier alpha value is -2.43. The number of amides is 1. The number of rotatable bonds is 3. The third kappa shape index (κ3) is 3.04. The van der Waals surface area contributed by atoms with Gasteiger partial charge in [0.1, 0.15) is 5.82 Å². The van der Waals surface area contributed by atoms with E-state index in [1.807, 2.05) is 0 Å². The first-order chi connectivity index (χ1) is 8.65. The van der Waals surface area contributed by atoms with Crippen molar-refractivity contribution in [2.75, 3.05) is 0 Å². The summed E-state index contributed by atoms with van der Waals surface area (Å²) in [6, 6.07) is 8.55. The Morgan fingerprint density at radius 2 is 1.78 bits per heavy atom. The van der Waals surface area contributed by atoms with Crippen LogP contribution in [0.25, 0.3) is 0 Å². The molecular formula is C13H11FN2O2. The Morgan fingerprint density at radius 1 is 1.17 bits per heavy atom. The van der Waals surface area contributed by atoms with E-state index in [0.717, 1.165) is 5.56 Å². The molecule has 0 fully saturated rings. The molecule has 0 saturated carbocycles. The standard InChI is InChI=1S/C13H11FN2O2/c14-12-3-1-11(2-4-12)13(17)15-9-10-5-7-16(18)8-6-10/h1-8H,9H2,(H,15,17). The summed E-state index contributed by atoms with van der Waals surface area (Å²) in [4.78, 5) is 11.7. The molecule has 0 spiro atoms. The van der Waals surface area contributed by atoms with Crippen molar-refractivity contribution in [1.29, 1.82) is 0 Å². The second kappa shape index (κ2) is 5.27. The highest BCUT2D eigenvalue weighted by atomic mass is 19.1. The maximum Gasteiger partial charge on any atom is 0.251 e. The summed E-state index contributed by atoms with van der Waals surface area (Å²) in [6.45, 7) is 0.317. The minimum atomic E-state index is -0.380. The Kier molecular flexibility index (Phi) is 3.52.